The summed E-state index contributed by atoms with van der Waals surface area (Å²) in [5.41, 5.74) is 0. The molecule has 6 nitrogen and oxygen atoms in total. The van der Waals surface area contributed by atoms with E-state index >= 15 is 0 Å². The van der Waals surface area contributed by atoms with Crippen LogP contribution in [0.15, 0.2) is 6.58 Å². The number of Topliss-reactive ketones (excluding diaryl/α,β-unsaturated/α-hetero) is 2. The summed E-state index contributed by atoms with van der Waals surface area (Å²) in [6.07, 6.45) is 3.83. The van der Waals surface area contributed by atoms with E-state index in [1.807, 2.05) is 28.1 Å². The Labute approximate surface area is 141 Å². The molecule has 0 aliphatic rings. The minimum Gasteiger partial charge on any atom is -0.320 e. The molecule has 3 N–H and O–H groups in total. The Hall–Kier alpha value is -1.33. The Balaban J connectivity index is -0.000000313. The van der Waals surface area contributed by atoms with Crippen LogP contribution in [-0.2, 0) is 14.4 Å². The number of hydrogen-bond donors (Lipinski definition) is 3. The fourth-order valence-corrected chi connectivity index (χ4v) is 1.73. The average Bonchev–Trinajstić information content (AvgIpc) is 2.47. The molecule has 0 heterocycles. The molecule has 0 saturated heterocycles. The lowest BCUT2D eigenvalue weighted by atomic mass is 10.1. The van der Waals surface area contributed by atoms with Gasteiger partial charge in [0.15, 0.2) is 0 Å². The minimum atomic E-state index is 0.0573. The zero-order valence-corrected chi connectivity index (χ0v) is 15.6. The molecular formula is C17H35N3O3. The molecule has 2 unspecified atom stereocenters. The number of nitrogens with one attached hydrogen (secondary N) is 3. The van der Waals surface area contributed by atoms with Crippen molar-refractivity contribution < 1.29 is 14.4 Å². The molecule has 0 aromatic rings. The fraction of sp³-hybridized carbons (Fsp3) is 0.765. The lowest BCUT2D eigenvalue weighted by molar-refractivity contribution is -0.119. The summed E-state index contributed by atoms with van der Waals surface area (Å²) >= 11 is 0. The monoisotopic (exact) mass is 329 g/mol. The number of carbonyl (C=O) groups excluding carboxylic acids is 3. The lowest BCUT2D eigenvalue weighted by Gasteiger charge is -2.11. The normalized spacial score (nSPS) is 11.7. The van der Waals surface area contributed by atoms with Gasteiger partial charge in [-0.25, -0.2) is 4.79 Å². The Kier molecular flexibility index (Phi) is 23.9. The van der Waals surface area contributed by atoms with Crippen molar-refractivity contribution in [3.05, 3.63) is 6.58 Å². The highest BCUT2D eigenvalue weighted by Gasteiger charge is 2.09. The van der Waals surface area contributed by atoms with Gasteiger partial charge < -0.3 is 16.0 Å². The van der Waals surface area contributed by atoms with Crippen LogP contribution in [-0.4, -0.2) is 57.3 Å². The first-order valence-corrected chi connectivity index (χ1v) is 7.93. The van der Waals surface area contributed by atoms with E-state index in [0.717, 1.165) is 25.8 Å². The van der Waals surface area contributed by atoms with Crippen molar-refractivity contribution in [3.8, 4) is 0 Å². The summed E-state index contributed by atoms with van der Waals surface area (Å²) < 4.78 is 0. The molecule has 0 rings (SSSR count). The molecule has 0 aliphatic heterocycles. The van der Waals surface area contributed by atoms with Crippen molar-refractivity contribution >= 4 is 17.5 Å². The van der Waals surface area contributed by atoms with Crippen LogP contribution in [0.4, 0.5) is 0 Å². The zero-order valence-electron chi connectivity index (χ0n) is 15.6. The van der Waals surface area contributed by atoms with Gasteiger partial charge in [0.1, 0.15) is 17.5 Å². The van der Waals surface area contributed by atoms with E-state index in [9.17, 15) is 9.59 Å². The van der Waals surface area contributed by atoms with Crippen molar-refractivity contribution in [1.82, 2.24) is 16.0 Å². The number of likely N-dealkylation sites (N-methyl/N-ethyl adjacent to an activating group) is 1. The zero-order chi connectivity index (χ0) is 18.7. The van der Waals surface area contributed by atoms with Gasteiger partial charge in [-0.3, -0.25) is 9.59 Å². The Morgan fingerprint density at radius 3 is 1.87 bits per heavy atom. The van der Waals surface area contributed by atoms with Gasteiger partial charge >= 0.3 is 0 Å². The molecular weight excluding hydrogens is 294 g/mol. The van der Waals surface area contributed by atoms with Crippen molar-refractivity contribution in [2.24, 2.45) is 0 Å². The third kappa shape index (κ3) is 25.9. The molecule has 2 atom stereocenters. The van der Waals surface area contributed by atoms with Gasteiger partial charge in [-0.2, -0.15) is 0 Å². The van der Waals surface area contributed by atoms with Crippen LogP contribution < -0.4 is 16.0 Å². The molecule has 0 aromatic heterocycles. The maximum Gasteiger partial charge on any atom is 0.146 e. The molecule has 0 aromatic carbocycles. The van der Waals surface area contributed by atoms with Crippen LogP contribution >= 0.6 is 0 Å². The smallest absolute Gasteiger partial charge is 0.146 e. The van der Waals surface area contributed by atoms with E-state index in [-0.39, 0.29) is 17.6 Å². The van der Waals surface area contributed by atoms with Crippen molar-refractivity contribution in [1.29, 1.82) is 0 Å². The third-order valence-electron chi connectivity index (χ3n) is 3.10. The largest absolute Gasteiger partial charge is 0.320 e. The predicted octanol–water partition coefficient (Wildman–Crippen LogP) is 1.13. The second-order valence-corrected chi connectivity index (χ2v) is 5.29. The van der Waals surface area contributed by atoms with Crippen LogP contribution in [0.1, 0.15) is 46.5 Å². The number of carbonyl (C=O) groups is 2. The van der Waals surface area contributed by atoms with Gasteiger partial charge in [0.05, 0.1) is 6.04 Å². The average molecular weight is 329 g/mol. The summed E-state index contributed by atoms with van der Waals surface area (Å²) in [5.74, 6) is 1.73. The summed E-state index contributed by atoms with van der Waals surface area (Å²) in [4.78, 5) is 29.9. The van der Waals surface area contributed by atoms with Crippen LogP contribution in [0.3, 0.4) is 0 Å². The number of ketones is 2. The van der Waals surface area contributed by atoms with E-state index in [1.165, 1.54) is 5.94 Å². The Morgan fingerprint density at radius 1 is 1.09 bits per heavy atom. The summed E-state index contributed by atoms with van der Waals surface area (Å²) in [7, 11) is 5.64. The molecule has 0 amide bonds. The third-order valence-corrected chi connectivity index (χ3v) is 3.10. The quantitative estimate of drug-likeness (QED) is 0.411. The molecule has 0 fully saturated rings. The first-order valence-electron chi connectivity index (χ1n) is 7.93. The van der Waals surface area contributed by atoms with Gasteiger partial charge in [-0.05, 0) is 67.9 Å². The lowest BCUT2D eigenvalue weighted by Crippen LogP contribution is -2.32. The van der Waals surface area contributed by atoms with Crippen LogP contribution in [0.25, 0.3) is 0 Å². The number of rotatable bonds is 10. The Bertz CT molecular complexity index is 327. The van der Waals surface area contributed by atoms with E-state index in [1.54, 1.807) is 13.8 Å². The first-order chi connectivity index (χ1) is 10.8. The van der Waals surface area contributed by atoms with E-state index in [0.29, 0.717) is 12.5 Å². The van der Waals surface area contributed by atoms with Crippen LogP contribution in [0, 0.1) is 0 Å². The molecule has 0 aliphatic carbocycles. The molecule has 6 heteroatoms. The maximum atomic E-state index is 11.0. The van der Waals surface area contributed by atoms with Crippen molar-refractivity contribution in [2.45, 2.75) is 58.5 Å². The highest BCUT2D eigenvalue weighted by Crippen LogP contribution is 2.00. The van der Waals surface area contributed by atoms with E-state index in [4.69, 9.17) is 4.79 Å². The van der Waals surface area contributed by atoms with Crippen molar-refractivity contribution in [3.63, 3.8) is 0 Å². The minimum absolute atomic E-state index is 0.0573. The van der Waals surface area contributed by atoms with Gasteiger partial charge in [0, 0.05) is 12.5 Å². The van der Waals surface area contributed by atoms with Gasteiger partial charge in [0.25, 0.3) is 0 Å². The maximum absolute atomic E-state index is 11.0. The molecule has 0 bridgehead atoms. The topological polar surface area (TPSA) is 87.3 Å². The van der Waals surface area contributed by atoms with Gasteiger partial charge in [-0.15, -0.1) is 0 Å². The Morgan fingerprint density at radius 2 is 1.61 bits per heavy atom. The van der Waals surface area contributed by atoms with E-state index in [2.05, 4.69) is 22.5 Å². The van der Waals surface area contributed by atoms with E-state index < -0.39 is 0 Å². The highest BCUT2D eigenvalue weighted by molar-refractivity contribution is 5.81. The SMILES string of the molecule is C=C=O.CNC(C)CC(C)=O.CNCCCCC(NC)C(C)=O. The number of hydrogen-bond acceptors (Lipinski definition) is 6. The molecule has 136 valence electrons. The second-order valence-electron chi connectivity index (χ2n) is 5.29. The fourth-order valence-electron chi connectivity index (χ4n) is 1.73. The van der Waals surface area contributed by atoms with Gasteiger partial charge in [-0.1, -0.05) is 6.42 Å². The van der Waals surface area contributed by atoms with Gasteiger partial charge in [0.2, 0.25) is 0 Å². The summed E-state index contributed by atoms with van der Waals surface area (Å²) in [6.45, 7) is 8.95. The molecule has 0 spiro atoms. The van der Waals surface area contributed by atoms with Crippen LogP contribution in [0.2, 0.25) is 0 Å². The highest BCUT2D eigenvalue weighted by atomic mass is 16.1. The summed E-state index contributed by atoms with van der Waals surface area (Å²) in [5, 5.41) is 9.07. The standard InChI is InChI=1S/C9H20N2O.C6H13NO.C2H2O/c1-8(12)9(11-3)6-4-5-7-10-2;1-5(7-3)4-6(2)8;1-2-3/h9-11H,4-7H2,1-3H3;5,7H,4H2,1-3H3;1H2. The molecule has 23 heavy (non-hydrogen) atoms. The second kappa shape index (κ2) is 20.7. The molecule has 0 radical (unpaired) electrons. The first kappa shape index (κ1) is 26.6. The summed E-state index contributed by atoms with van der Waals surface area (Å²) in [6, 6.07) is 0.384. The molecule has 0 saturated carbocycles. The van der Waals surface area contributed by atoms with Crippen LogP contribution in [0.5, 0.6) is 0 Å². The number of unbranched alkanes of at least 4 members (excludes halogenated alkanes) is 1. The predicted molar refractivity (Wildman–Crippen MR) is 96.4 cm³/mol. The van der Waals surface area contributed by atoms with Crippen molar-refractivity contribution in [2.75, 3.05) is 27.7 Å².